The molecule has 1 atom stereocenters. The molecule has 0 unspecified atom stereocenters. The van der Waals surface area contributed by atoms with Crippen LogP contribution < -0.4 is 10.2 Å². The van der Waals surface area contributed by atoms with Gasteiger partial charge >= 0.3 is 0 Å². The second kappa shape index (κ2) is 8.41. The van der Waals surface area contributed by atoms with E-state index in [9.17, 15) is 9.18 Å². The molecule has 0 aliphatic rings. The average Bonchev–Trinajstić information content (AvgIpc) is 3.18. The lowest BCUT2D eigenvalue weighted by Crippen LogP contribution is -2.29. The van der Waals surface area contributed by atoms with Crippen LogP contribution >= 0.6 is 0 Å². The molecule has 0 saturated heterocycles. The highest BCUT2D eigenvalue weighted by molar-refractivity contribution is 5.94. The van der Waals surface area contributed by atoms with Gasteiger partial charge in [0.15, 0.2) is 0 Å². The Kier molecular flexibility index (Phi) is 5.53. The van der Waals surface area contributed by atoms with Gasteiger partial charge in [0.05, 0.1) is 0 Å². The minimum absolute atomic E-state index is 0.0464. The van der Waals surface area contributed by atoms with Crippen LogP contribution in [-0.4, -0.2) is 31.5 Å². The molecule has 152 valence electrons. The number of carbonyl (C=O) groups excluding carboxylic acids is 1. The van der Waals surface area contributed by atoms with Gasteiger partial charge in [0.1, 0.15) is 5.82 Å². The number of hydrogen-bond acceptors (Lipinski definition) is 2. The standard InChI is InChI=1S/C25H24FN3O/c1-29(2)20-12-10-17(11-13-20)22(23-16-27-24-9-4-3-8-21(23)24)15-28-25(30)18-6-5-7-19(26)14-18/h3-14,16,22,27H,15H2,1-2H3,(H,28,30)/t22-/m1/s1. The summed E-state index contributed by atoms with van der Waals surface area (Å²) < 4.78 is 13.5. The van der Waals surface area contributed by atoms with E-state index in [1.165, 1.54) is 12.1 Å². The number of anilines is 1. The van der Waals surface area contributed by atoms with Crippen molar-refractivity contribution >= 4 is 22.5 Å². The number of carbonyl (C=O) groups is 1. The number of amides is 1. The molecule has 0 aliphatic carbocycles. The summed E-state index contributed by atoms with van der Waals surface area (Å²) in [4.78, 5) is 18.0. The Bertz CT molecular complexity index is 1160. The molecule has 1 heterocycles. The number of para-hydroxylation sites is 1. The number of benzene rings is 3. The maximum Gasteiger partial charge on any atom is 0.251 e. The summed E-state index contributed by atoms with van der Waals surface area (Å²) in [6, 6.07) is 22.2. The van der Waals surface area contributed by atoms with Crippen molar-refractivity contribution < 1.29 is 9.18 Å². The van der Waals surface area contributed by atoms with Gasteiger partial charge in [-0.3, -0.25) is 4.79 Å². The van der Waals surface area contributed by atoms with Crippen LogP contribution in [0.2, 0.25) is 0 Å². The van der Waals surface area contributed by atoms with Crippen LogP contribution in [0.3, 0.4) is 0 Å². The van der Waals surface area contributed by atoms with Crippen molar-refractivity contribution in [2.45, 2.75) is 5.92 Å². The lowest BCUT2D eigenvalue weighted by Gasteiger charge is -2.20. The second-order valence-corrected chi connectivity index (χ2v) is 7.55. The van der Waals surface area contributed by atoms with E-state index < -0.39 is 5.82 Å². The highest BCUT2D eigenvalue weighted by Crippen LogP contribution is 2.31. The quantitative estimate of drug-likeness (QED) is 0.481. The second-order valence-electron chi connectivity index (χ2n) is 7.55. The van der Waals surface area contributed by atoms with Crippen LogP contribution in [-0.2, 0) is 0 Å². The number of aromatic amines is 1. The van der Waals surface area contributed by atoms with Crippen LogP contribution in [0.5, 0.6) is 0 Å². The first-order valence-electron chi connectivity index (χ1n) is 9.90. The Labute approximate surface area is 175 Å². The fourth-order valence-electron chi connectivity index (χ4n) is 3.72. The molecule has 1 aromatic heterocycles. The van der Waals surface area contributed by atoms with Gasteiger partial charge < -0.3 is 15.2 Å². The third-order valence-corrected chi connectivity index (χ3v) is 5.36. The van der Waals surface area contributed by atoms with Crippen LogP contribution in [0.4, 0.5) is 10.1 Å². The topological polar surface area (TPSA) is 48.1 Å². The van der Waals surface area contributed by atoms with E-state index in [0.717, 1.165) is 27.7 Å². The summed E-state index contributed by atoms with van der Waals surface area (Å²) in [5.41, 5.74) is 4.70. The monoisotopic (exact) mass is 401 g/mol. The van der Waals surface area contributed by atoms with Crippen molar-refractivity contribution in [1.29, 1.82) is 0 Å². The molecule has 1 amide bonds. The largest absolute Gasteiger partial charge is 0.378 e. The van der Waals surface area contributed by atoms with Gasteiger partial charge in [-0.25, -0.2) is 4.39 Å². The first-order chi connectivity index (χ1) is 14.5. The van der Waals surface area contributed by atoms with Gasteiger partial charge in [0.2, 0.25) is 0 Å². The molecular formula is C25H24FN3O. The van der Waals surface area contributed by atoms with E-state index in [4.69, 9.17) is 0 Å². The average molecular weight is 401 g/mol. The Hall–Kier alpha value is -3.60. The Balaban J connectivity index is 1.66. The van der Waals surface area contributed by atoms with Crippen molar-refractivity contribution in [2.75, 3.05) is 25.5 Å². The maximum absolute atomic E-state index is 13.5. The van der Waals surface area contributed by atoms with Gasteiger partial charge in [0.25, 0.3) is 5.91 Å². The first-order valence-corrected chi connectivity index (χ1v) is 9.90. The molecule has 3 aromatic carbocycles. The molecular weight excluding hydrogens is 377 g/mol. The highest BCUT2D eigenvalue weighted by atomic mass is 19.1. The van der Waals surface area contributed by atoms with E-state index in [0.29, 0.717) is 12.1 Å². The third kappa shape index (κ3) is 4.06. The molecule has 4 aromatic rings. The van der Waals surface area contributed by atoms with Gasteiger partial charge in [-0.05, 0) is 47.5 Å². The van der Waals surface area contributed by atoms with Gasteiger partial charge in [-0.2, -0.15) is 0 Å². The van der Waals surface area contributed by atoms with Gasteiger partial charge in [-0.15, -0.1) is 0 Å². The molecule has 5 heteroatoms. The summed E-state index contributed by atoms with van der Waals surface area (Å²) in [6.07, 6.45) is 2.00. The molecule has 2 N–H and O–H groups in total. The van der Waals surface area contributed by atoms with E-state index in [1.807, 2.05) is 38.5 Å². The third-order valence-electron chi connectivity index (χ3n) is 5.36. The number of halogens is 1. The number of hydrogen-bond donors (Lipinski definition) is 2. The molecule has 0 radical (unpaired) electrons. The zero-order valence-corrected chi connectivity index (χ0v) is 17.0. The minimum atomic E-state index is -0.421. The van der Waals surface area contributed by atoms with Gasteiger partial charge in [0, 0.05) is 54.9 Å². The predicted molar refractivity (Wildman–Crippen MR) is 120 cm³/mol. The summed E-state index contributed by atoms with van der Waals surface area (Å²) in [5, 5.41) is 4.11. The number of rotatable bonds is 6. The summed E-state index contributed by atoms with van der Waals surface area (Å²) in [6.45, 7) is 0.401. The van der Waals surface area contributed by atoms with Crippen LogP contribution in [0.15, 0.2) is 79.0 Å². The van der Waals surface area contributed by atoms with E-state index in [-0.39, 0.29) is 11.8 Å². The van der Waals surface area contributed by atoms with Gasteiger partial charge in [-0.1, -0.05) is 36.4 Å². The molecule has 0 spiro atoms. The number of aromatic nitrogens is 1. The van der Waals surface area contributed by atoms with E-state index >= 15 is 0 Å². The smallest absolute Gasteiger partial charge is 0.251 e. The molecule has 0 fully saturated rings. The van der Waals surface area contributed by atoms with Crippen molar-refractivity contribution in [3.8, 4) is 0 Å². The Morgan fingerprint density at radius 3 is 2.53 bits per heavy atom. The molecule has 4 rings (SSSR count). The lowest BCUT2D eigenvalue weighted by molar-refractivity contribution is 0.0952. The maximum atomic E-state index is 13.5. The first kappa shape index (κ1) is 19.7. The molecule has 0 bridgehead atoms. The number of H-pyrrole nitrogens is 1. The zero-order valence-electron chi connectivity index (χ0n) is 17.0. The SMILES string of the molecule is CN(C)c1ccc([C@@H](CNC(=O)c2cccc(F)c2)c2c[nH]c3ccccc23)cc1. The van der Waals surface area contributed by atoms with Crippen molar-refractivity contribution in [1.82, 2.24) is 10.3 Å². The van der Waals surface area contributed by atoms with Crippen LogP contribution in [0, 0.1) is 5.82 Å². The van der Waals surface area contributed by atoms with Crippen molar-refractivity contribution in [3.05, 3.63) is 102 Å². The summed E-state index contributed by atoms with van der Waals surface area (Å²) in [7, 11) is 4.01. The highest BCUT2D eigenvalue weighted by Gasteiger charge is 2.20. The predicted octanol–water partition coefficient (Wildman–Crippen LogP) is 4.93. The molecule has 0 aliphatic heterocycles. The van der Waals surface area contributed by atoms with Crippen molar-refractivity contribution in [2.24, 2.45) is 0 Å². The number of nitrogens with zero attached hydrogens (tertiary/aromatic N) is 1. The van der Waals surface area contributed by atoms with Crippen LogP contribution in [0.25, 0.3) is 10.9 Å². The molecule has 30 heavy (non-hydrogen) atoms. The number of nitrogens with one attached hydrogen (secondary N) is 2. The Morgan fingerprint density at radius 2 is 1.80 bits per heavy atom. The Morgan fingerprint density at radius 1 is 1.03 bits per heavy atom. The molecule has 0 saturated carbocycles. The minimum Gasteiger partial charge on any atom is -0.378 e. The van der Waals surface area contributed by atoms with Crippen LogP contribution in [0.1, 0.15) is 27.4 Å². The summed E-state index contributed by atoms with van der Waals surface area (Å²) in [5.74, 6) is -0.755. The normalized spacial score (nSPS) is 12.0. The van der Waals surface area contributed by atoms with E-state index in [2.05, 4.69) is 45.5 Å². The fourth-order valence-corrected chi connectivity index (χ4v) is 3.72. The zero-order chi connectivity index (χ0) is 21.1. The van der Waals surface area contributed by atoms with E-state index in [1.54, 1.807) is 12.1 Å². The lowest BCUT2D eigenvalue weighted by atomic mass is 9.90. The molecule has 4 nitrogen and oxygen atoms in total. The fraction of sp³-hybridized carbons (Fsp3) is 0.160. The van der Waals surface area contributed by atoms with Crippen molar-refractivity contribution in [3.63, 3.8) is 0 Å². The summed E-state index contributed by atoms with van der Waals surface area (Å²) >= 11 is 0. The number of fused-ring (bicyclic) bond motifs is 1.